The minimum Gasteiger partial charge on any atom is -0.480 e. The molecule has 1 aliphatic heterocycles. The number of halogens is 5. The first-order chi connectivity index (χ1) is 14.6. The van der Waals surface area contributed by atoms with Gasteiger partial charge in [-0.3, -0.25) is 26.1 Å². The van der Waals surface area contributed by atoms with Crippen LogP contribution in [0.25, 0.3) is 0 Å². The molecule has 1 aromatic heterocycles. The van der Waals surface area contributed by atoms with E-state index in [2.05, 4.69) is 51.5 Å². The van der Waals surface area contributed by atoms with Gasteiger partial charge in [-0.15, -0.1) is 0 Å². The summed E-state index contributed by atoms with van der Waals surface area (Å²) in [5.74, 6) is -2.30. The fourth-order valence-electron chi connectivity index (χ4n) is 1.98. The summed E-state index contributed by atoms with van der Waals surface area (Å²) in [6.07, 6.45) is -5.99. The van der Waals surface area contributed by atoms with E-state index in [9.17, 15) is 22.4 Å². The number of aliphatic carboxylic acids is 1. The van der Waals surface area contributed by atoms with Gasteiger partial charge in [-0.25, -0.2) is 4.42 Å². The third-order valence-electron chi connectivity index (χ3n) is 3.61. The van der Waals surface area contributed by atoms with Crippen molar-refractivity contribution < 1.29 is 27.5 Å². The van der Waals surface area contributed by atoms with Crippen LogP contribution in [0, 0.1) is 12.2 Å². The van der Waals surface area contributed by atoms with Crippen LogP contribution in [0.15, 0.2) is 9.98 Å². The molecule has 0 fully saturated rings. The highest BCUT2D eigenvalue weighted by atomic mass is 35.5. The molecule has 174 valence electrons. The van der Waals surface area contributed by atoms with Crippen LogP contribution in [0.1, 0.15) is 0 Å². The van der Waals surface area contributed by atoms with Crippen LogP contribution >= 0.6 is 11.8 Å². The first-order valence-electron chi connectivity index (χ1n) is 8.31. The third kappa shape index (κ3) is 8.50. The van der Waals surface area contributed by atoms with E-state index in [1.165, 1.54) is 0 Å². The number of carbonyl (C=O) groups is 1. The van der Waals surface area contributed by atoms with Crippen molar-refractivity contribution >= 4 is 35.9 Å². The number of nitrogens with zero attached hydrogens (tertiary/aromatic N) is 6. The number of hydrogen-bond acceptors (Lipinski definition) is 12. The molecule has 0 amide bonds. The van der Waals surface area contributed by atoms with Gasteiger partial charge in [0.15, 0.2) is 6.29 Å². The molecule has 0 aliphatic carbocycles. The molecule has 0 radical (unpaired) electrons. The molecule has 0 bridgehead atoms. The molecule has 31 heavy (non-hydrogen) atoms. The molecule has 2 heterocycles. The fourth-order valence-corrected chi connectivity index (χ4v) is 2.13. The summed E-state index contributed by atoms with van der Waals surface area (Å²) in [6.45, 7) is -0.267. The largest absolute Gasteiger partial charge is 0.480 e. The summed E-state index contributed by atoms with van der Waals surface area (Å²) in [5.41, 5.74) is 0. The van der Waals surface area contributed by atoms with Crippen LogP contribution in [-0.4, -0.2) is 88.9 Å². The molecule has 1 aromatic rings. The van der Waals surface area contributed by atoms with Crippen molar-refractivity contribution in [3.05, 3.63) is 12.2 Å². The van der Waals surface area contributed by atoms with Crippen LogP contribution in [0.4, 0.5) is 23.5 Å². The smallest absolute Gasteiger partial charge is 0.322 e. The van der Waals surface area contributed by atoms with Crippen LogP contribution in [0.5, 0.6) is 0 Å². The predicted molar refractivity (Wildman–Crippen MR) is 102 cm³/mol. The Morgan fingerprint density at radius 1 is 1.10 bits per heavy atom. The van der Waals surface area contributed by atoms with Crippen LogP contribution < -0.4 is 26.6 Å². The summed E-state index contributed by atoms with van der Waals surface area (Å²) in [4.78, 5) is 24.9. The number of rotatable bonds is 9. The zero-order valence-electron chi connectivity index (χ0n) is 16.4. The minimum absolute atomic E-state index is 0.258. The van der Waals surface area contributed by atoms with E-state index < -0.39 is 54.9 Å². The van der Waals surface area contributed by atoms with E-state index >= 15 is 0 Å². The van der Waals surface area contributed by atoms with Crippen LogP contribution in [-0.2, 0) is 4.79 Å². The van der Waals surface area contributed by atoms with Gasteiger partial charge in [-0.1, -0.05) is 0 Å². The molecule has 0 spiro atoms. The van der Waals surface area contributed by atoms with E-state index in [1.54, 1.807) is 21.1 Å². The lowest BCUT2D eigenvalue weighted by molar-refractivity contribution is -0.134. The van der Waals surface area contributed by atoms with Gasteiger partial charge in [0.05, 0.1) is 0 Å². The molecule has 1 aliphatic rings. The monoisotopic (exact) mass is 473 g/mol. The standard InChI is InChI=1S/C8H16ClF2N7.C5H4F2N4O2/c1-12-8(13-2,14-3)4-15-7-17-5(10)16-6(11)18(7)9;6-3-9-4(7)11-5(10-3)8-1-2(12)13/h7,12-15H,4H2,1-3H3;1H2,(H,12,13)(H,8,9,10,11). The lowest BCUT2D eigenvalue weighted by Crippen LogP contribution is -2.69. The molecule has 13 nitrogen and oxygen atoms in total. The molecule has 6 N–H and O–H groups in total. The first-order valence-corrected chi connectivity index (χ1v) is 8.65. The zero-order valence-corrected chi connectivity index (χ0v) is 17.2. The van der Waals surface area contributed by atoms with Crippen molar-refractivity contribution in [1.82, 2.24) is 40.6 Å². The number of aromatic nitrogens is 3. The van der Waals surface area contributed by atoms with Gasteiger partial charge in [0, 0.05) is 18.3 Å². The Morgan fingerprint density at radius 2 is 1.65 bits per heavy atom. The SMILES string of the molecule is CNC(CNC1N=C(F)N=C(F)N1Cl)(NC)NC.O=C(O)CNc1nc(F)nc(F)n1. The molecule has 18 heteroatoms. The number of aliphatic imine (C=N–C) groups is 2. The Labute approximate surface area is 178 Å². The third-order valence-corrected chi connectivity index (χ3v) is 3.94. The molecule has 2 rings (SSSR count). The van der Waals surface area contributed by atoms with Gasteiger partial charge in [0.1, 0.15) is 12.3 Å². The maximum atomic E-state index is 13.1. The second-order valence-electron chi connectivity index (χ2n) is 5.44. The van der Waals surface area contributed by atoms with Crippen molar-refractivity contribution in [3.8, 4) is 0 Å². The van der Waals surface area contributed by atoms with Crippen molar-refractivity contribution in [1.29, 1.82) is 0 Å². The second kappa shape index (κ2) is 12.2. The number of amidine groups is 2. The maximum Gasteiger partial charge on any atom is 0.322 e. The predicted octanol–water partition coefficient (Wildman–Crippen LogP) is -1.06. The highest BCUT2D eigenvalue weighted by Gasteiger charge is 2.30. The average molecular weight is 474 g/mol. The topological polar surface area (TPSA) is 164 Å². The molecule has 0 saturated carbocycles. The Hall–Kier alpha value is -2.73. The molecule has 0 aromatic carbocycles. The Morgan fingerprint density at radius 3 is 2.13 bits per heavy atom. The number of hydrogen-bond donors (Lipinski definition) is 6. The normalized spacial score (nSPS) is 16.1. The van der Waals surface area contributed by atoms with Gasteiger partial charge >= 0.3 is 30.3 Å². The van der Waals surface area contributed by atoms with Gasteiger partial charge in [-0.2, -0.15) is 42.5 Å². The van der Waals surface area contributed by atoms with E-state index in [0.29, 0.717) is 4.42 Å². The van der Waals surface area contributed by atoms with E-state index in [0.717, 1.165) is 0 Å². The lowest BCUT2D eigenvalue weighted by atomic mass is 10.3. The number of nitrogens with one attached hydrogen (secondary N) is 5. The maximum absolute atomic E-state index is 13.1. The average Bonchev–Trinajstić information content (AvgIpc) is 2.71. The number of carboxylic acids is 1. The quantitative estimate of drug-likeness (QED) is 0.112. The molecular formula is C13H20ClF4N11O2. The van der Waals surface area contributed by atoms with E-state index in [-0.39, 0.29) is 6.54 Å². The van der Waals surface area contributed by atoms with E-state index in [4.69, 9.17) is 16.9 Å². The van der Waals surface area contributed by atoms with Gasteiger partial charge < -0.3 is 10.4 Å². The van der Waals surface area contributed by atoms with Crippen LogP contribution in [0.3, 0.4) is 0 Å². The highest BCUT2D eigenvalue weighted by Crippen LogP contribution is 2.12. The summed E-state index contributed by atoms with van der Waals surface area (Å²) < 4.78 is 51.1. The fraction of sp³-hybridized carbons (Fsp3) is 0.538. The Bertz CT molecular complexity index is 783. The van der Waals surface area contributed by atoms with Crippen LogP contribution in [0.2, 0.25) is 0 Å². The second-order valence-corrected chi connectivity index (χ2v) is 5.81. The van der Waals surface area contributed by atoms with Crippen molar-refractivity contribution in [2.45, 2.75) is 12.1 Å². The van der Waals surface area contributed by atoms with Crippen molar-refractivity contribution in [3.63, 3.8) is 0 Å². The Kier molecular flexibility index (Phi) is 10.4. The molecule has 1 atom stereocenters. The first kappa shape index (κ1) is 26.3. The summed E-state index contributed by atoms with van der Waals surface area (Å²) in [7, 11) is 5.17. The van der Waals surface area contributed by atoms with Crippen molar-refractivity contribution in [2.24, 2.45) is 9.98 Å². The van der Waals surface area contributed by atoms with Gasteiger partial charge in [0.25, 0.3) is 0 Å². The summed E-state index contributed by atoms with van der Waals surface area (Å²) >= 11 is 5.59. The zero-order chi connectivity index (χ0) is 23.6. The van der Waals surface area contributed by atoms with Gasteiger partial charge in [-0.05, 0) is 21.1 Å². The number of likely N-dealkylation sites (N-methyl/N-ethyl adjacent to an activating group) is 3. The molecular weight excluding hydrogens is 454 g/mol. The minimum atomic E-state index is -1.31. The summed E-state index contributed by atoms with van der Waals surface area (Å²) in [5, 5.41) is 22.0. The molecule has 1 unspecified atom stereocenters. The lowest BCUT2D eigenvalue weighted by Gasteiger charge is -2.35. The highest BCUT2D eigenvalue weighted by molar-refractivity contribution is 6.22. The summed E-state index contributed by atoms with van der Waals surface area (Å²) in [6, 6.07) is 0. The molecule has 0 saturated heterocycles. The Balaban J connectivity index is 0.000000327. The van der Waals surface area contributed by atoms with E-state index in [1.807, 2.05) is 0 Å². The number of carboxylic acid groups (broad SMARTS) is 1. The van der Waals surface area contributed by atoms with Gasteiger partial charge in [0.2, 0.25) is 5.95 Å². The number of anilines is 1. The van der Waals surface area contributed by atoms with Crippen molar-refractivity contribution in [2.75, 3.05) is 39.5 Å².